The fraction of sp³-hybridized carbons (Fsp3) is 0.250. The third-order valence-electron chi connectivity index (χ3n) is 4.53. The zero-order chi connectivity index (χ0) is 19.7. The molecule has 28 heavy (non-hydrogen) atoms. The van der Waals surface area contributed by atoms with Crippen LogP contribution in [0.1, 0.15) is 24.5 Å². The van der Waals surface area contributed by atoms with Gasteiger partial charge < -0.3 is 20.5 Å². The molecule has 3 heterocycles. The van der Waals surface area contributed by atoms with Crippen molar-refractivity contribution in [1.82, 2.24) is 4.98 Å². The second-order valence-corrected chi connectivity index (χ2v) is 7.05. The molecule has 4 rings (SSSR count). The first-order valence-electron chi connectivity index (χ1n) is 8.93. The molecule has 0 aliphatic carbocycles. The van der Waals surface area contributed by atoms with Crippen LogP contribution in [-0.4, -0.2) is 35.8 Å². The average molecular weight is 398 g/mol. The van der Waals surface area contributed by atoms with Gasteiger partial charge in [-0.05, 0) is 13.0 Å². The summed E-state index contributed by atoms with van der Waals surface area (Å²) in [6, 6.07) is 9.18. The molecule has 0 saturated carbocycles. The predicted molar refractivity (Wildman–Crippen MR) is 109 cm³/mol. The van der Waals surface area contributed by atoms with E-state index in [0.29, 0.717) is 52.5 Å². The molecule has 1 saturated heterocycles. The summed E-state index contributed by atoms with van der Waals surface area (Å²) in [5.74, 6) is 0.564. The fourth-order valence-corrected chi connectivity index (χ4v) is 3.36. The Bertz CT molecular complexity index is 992. The first-order valence-corrected chi connectivity index (χ1v) is 9.31. The van der Waals surface area contributed by atoms with E-state index in [-0.39, 0.29) is 11.9 Å². The maximum absolute atomic E-state index is 8.38. The Morgan fingerprint density at radius 2 is 2.18 bits per heavy atom. The molecule has 144 valence electrons. The molecule has 2 aromatic rings. The van der Waals surface area contributed by atoms with E-state index in [2.05, 4.69) is 15.3 Å². The van der Waals surface area contributed by atoms with Crippen molar-refractivity contribution in [3.63, 3.8) is 0 Å². The summed E-state index contributed by atoms with van der Waals surface area (Å²) in [6.07, 6.45) is 2.49. The quantitative estimate of drug-likeness (QED) is 0.736. The van der Waals surface area contributed by atoms with Gasteiger partial charge in [0.05, 0.1) is 24.6 Å². The minimum Gasteiger partial charge on any atom is -0.472 e. The lowest BCUT2D eigenvalue weighted by molar-refractivity contribution is 0.138. The van der Waals surface area contributed by atoms with E-state index >= 15 is 0 Å². The van der Waals surface area contributed by atoms with Crippen molar-refractivity contribution in [2.45, 2.75) is 19.4 Å². The Morgan fingerprint density at radius 1 is 1.36 bits per heavy atom. The van der Waals surface area contributed by atoms with Gasteiger partial charge in [0.25, 0.3) is 0 Å². The van der Waals surface area contributed by atoms with Crippen molar-refractivity contribution >= 4 is 28.8 Å². The summed E-state index contributed by atoms with van der Waals surface area (Å²) in [6.45, 7) is 2.95. The van der Waals surface area contributed by atoms with E-state index in [1.165, 1.54) is 0 Å². The standard InChI is InChI=1S/C20H20ClN5O2/c1-11(22)18-20(23)25-16-8-17(28-12-6-7-27-10-12)24-9-14(16)19(26-18)13-4-2-3-5-15(13)21/h2-5,8-9,12H,6-7,10,22H2,1H3,(H2,23,25)/b18-11+. The van der Waals surface area contributed by atoms with Gasteiger partial charge in [0, 0.05) is 40.5 Å². The van der Waals surface area contributed by atoms with Crippen LogP contribution in [0.25, 0.3) is 0 Å². The van der Waals surface area contributed by atoms with E-state index < -0.39 is 0 Å². The maximum Gasteiger partial charge on any atom is 0.215 e. The van der Waals surface area contributed by atoms with Gasteiger partial charge in [0.1, 0.15) is 11.8 Å². The molecule has 1 fully saturated rings. The Labute approximate surface area is 167 Å². The maximum atomic E-state index is 8.38. The van der Waals surface area contributed by atoms with Crippen molar-refractivity contribution in [3.05, 3.63) is 64.1 Å². The van der Waals surface area contributed by atoms with Crippen molar-refractivity contribution in [1.29, 1.82) is 5.41 Å². The monoisotopic (exact) mass is 397 g/mol. The van der Waals surface area contributed by atoms with Gasteiger partial charge in [-0.3, -0.25) is 5.41 Å². The lowest BCUT2D eigenvalue weighted by Crippen LogP contribution is -2.18. The van der Waals surface area contributed by atoms with Crippen LogP contribution in [0.3, 0.4) is 0 Å². The molecule has 1 unspecified atom stereocenters. The number of fused-ring (bicyclic) bond motifs is 1. The summed E-state index contributed by atoms with van der Waals surface area (Å²) in [5, 5.41) is 12.0. The number of hydrogen-bond acceptors (Lipinski definition) is 6. The zero-order valence-corrected chi connectivity index (χ0v) is 16.1. The van der Waals surface area contributed by atoms with Crippen molar-refractivity contribution in [3.8, 4) is 5.88 Å². The van der Waals surface area contributed by atoms with Gasteiger partial charge in [0.15, 0.2) is 5.84 Å². The van der Waals surface area contributed by atoms with Crippen LogP contribution in [0, 0.1) is 5.41 Å². The number of nitrogens with zero attached hydrogens (tertiary/aromatic N) is 2. The Balaban J connectivity index is 1.82. The molecule has 0 radical (unpaired) electrons. The number of amidine groups is 1. The van der Waals surface area contributed by atoms with Gasteiger partial charge in [-0.25, -0.2) is 9.98 Å². The van der Waals surface area contributed by atoms with E-state index in [1.54, 1.807) is 25.3 Å². The number of anilines is 1. The van der Waals surface area contributed by atoms with Crippen LogP contribution in [0.5, 0.6) is 5.88 Å². The molecule has 1 atom stereocenters. The molecular formula is C20H20ClN5O2. The lowest BCUT2D eigenvalue weighted by atomic mass is 10.0. The molecule has 0 spiro atoms. The van der Waals surface area contributed by atoms with E-state index in [4.69, 9.17) is 32.2 Å². The lowest BCUT2D eigenvalue weighted by Gasteiger charge is -2.15. The number of allylic oxidation sites excluding steroid dienone is 1. The number of hydrogen-bond donors (Lipinski definition) is 3. The number of rotatable bonds is 3. The molecule has 0 bridgehead atoms. The number of aliphatic imine (C=N–C) groups is 1. The molecule has 1 aromatic heterocycles. The van der Waals surface area contributed by atoms with Crippen LogP contribution in [0.2, 0.25) is 5.02 Å². The summed E-state index contributed by atoms with van der Waals surface area (Å²) >= 11 is 6.42. The normalized spacial score (nSPS) is 20.7. The molecular weight excluding hydrogens is 378 g/mol. The number of ether oxygens (including phenoxy) is 2. The highest BCUT2D eigenvalue weighted by molar-refractivity contribution is 6.36. The molecule has 4 N–H and O–H groups in total. The third-order valence-corrected chi connectivity index (χ3v) is 4.86. The van der Waals surface area contributed by atoms with Crippen molar-refractivity contribution in [2.75, 3.05) is 18.5 Å². The van der Waals surface area contributed by atoms with Crippen LogP contribution in [0.15, 0.2) is 52.9 Å². The number of pyridine rings is 1. The SMILES string of the molecule is C/C(N)=C1\N=C(c2ccccc2Cl)c2cnc(OC3CCOC3)cc2NC1=N. The smallest absolute Gasteiger partial charge is 0.215 e. The number of aromatic nitrogens is 1. The number of benzene rings is 1. The second-order valence-electron chi connectivity index (χ2n) is 6.64. The van der Waals surface area contributed by atoms with Crippen LogP contribution >= 0.6 is 11.6 Å². The van der Waals surface area contributed by atoms with E-state index in [1.807, 2.05) is 18.2 Å². The summed E-state index contributed by atoms with van der Waals surface area (Å²) < 4.78 is 11.3. The number of nitrogens with two attached hydrogens (primary N) is 1. The van der Waals surface area contributed by atoms with Gasteiger partial charge in [-0.1, -0.05) is 29.8 Å². The Morgan fingerprint density at radius 3 is 2.89 bits per heavy atom. The molecule has 2 aliphatic heterocycles. The predicted octanol–water partition coefficient (Wildman–Crippen LogP) is 3.33. The topological polar surface area (TPSA) is 106 Å². The average Bonchev–Trinajstić information content (AvgIpc) is 3.12. The Hall–Kier alpha value is -2.90. The van der Waals surface area contributed by atoms with Crippen LogP contribution < -0.4 is 15.8 Å². The van der Waals surface area contributed by atoms with Crippen molar-refractivity contribution < 1.29 is 9.47 Å². The second kappa shape index (κ2) is 7.61. The van der Waals surface area contributed by atoms with E-state index in [0.717, 1.165) is 12.0 Å². The molecule has 7 nitrogen and oxygen atoms in total. The van der Waals surface area contributed by atoms with Gasteiger partial charge in [-0.15, -0.1) is 0 Å². The van der Waals surface area contributed by atoms with Crippen LogP contribution in [0.4, 0.5) is 5.69 Å². The minimum absolute atomic E-state index is 0.0192. The molecule has 1 aromatic carbocycles. The molecule has 8 heteroatoms. The molecule has 2 aliphatic rings. The number of halogens is 1. The largest absolute Gasteiger partial charge is 0.472 e. The summed E-state index contributed by atoms with van der Waals surface area (Å²) in [5.41, 5.74) is 9.48. The summed E-state index contributed by atoms with van der Waals surface area (Å²) in [4.78, 5) is 9.10. The van der Waals surface area contributed by atoms with Gasteiger partial charge >= 0.3 is 0 Å². The number of nitrogens with one attached hydrogen (secondary N) is 2. The van der Waals surface area contributed by atoms with Crippen LogP contribution in [-0.2, 0) is 4.74 Å². The molecule has 0 amide bonds. The Kier molecular flexibility index (Phi) is 5.02. The first-order chi connectivity index (χ1) is 13.5. The van der Waals surface area contributed by atoms with Crippen molar-refractivity contribution in [2.24, 2.45) is 10.7 Å². The third kappa shape index (κ3) is 3.58. The highest BCUT2D eigenvalue weighted by Crippen LogP contribution is 2.31. The fourth-order valence-electron chi connectivity index (χ4n) is 3.14. The first kappa shape index (κ1) is 18.5. The summed E-state index contributed by atoms with van der Waals surface area (Å²) in [7, 11) is 0. The highest BCUT2D eigenvalue weighted by atomic mass is 35.5. The van der Waals surface area contributed by atoms with E-state index in [9.17, 15) is 0 Å². The van der Waals surface area contributed by atoms with Gasteiger partial charge in [0.2, 0.25) is 5.88 Å². The van der Waals surface area contributed by atoms with Gasteiger partial charge in [-0.2, -0.15) is 0 Å². The zero-order valence-electron chi connectivity index (χ0n) is 15.3. The minimum atomic E-state index is -0.0192. The highest BCUT2D eigenvalue weighted by Gasteiger charge is 2.24.